The molecular formula is C34H45N5O4S. The lowest BCUT2D eigenvalue weighted by Crippen LogP contribution is -2.42. The Balaban J connectivity index is 1.31. The Kier molecular flexibility index (Phi) is 10.5. The number of rotatable bonds is 10. The van der Waals surface area contributed by atoms with Gasteiger partial charge in [0, 0.05) is 48.9 Å². The third-order valence-electron chi connectivity index (χ3n) is 9.31. The average molecular weight is 620 g/mol. The summed E-state index contributed by atoms with van der Waals surface area (Å²) in [6.07, 6.45) is 10.1. The predicted octanol–water partition coefficient (Wildman–Crippen LogP) is 7.42. The van der Waals surface area contributed by atoms with E-state index in [1.165, 1.54) is 0 Å². The third-order valence-corrected chi connectivity index (χ3v) is 10.7. The molecule has 0 aliphatic heterocycles. The van der Waals surface area contributed by atoms with Crippen molar-refractivity contribution in [3.8, 4) is 16.2 Å². The van der Waals surface area contributed by atoms with Gasteiger partial charge in [0.1, 0.15) is 11.6 Å². The quantitative estimate of drug-likeness (QED) is 0.242. The van der Waals surface area contributed by atoms with Crippen LogP contribution >= 0.6 is 11.3 Å². The number of ether oxygens (including phenoxy) is 1. The van der Waals surface area contributed by atoms with Gasteiger partial charge < -0.3 is 15.2 Å². The number of hydrogen-bond acceptors (Lipinski definition) is 7. The van der Waals surface area contributed by atoms with Gasteiger partial charge in [0.05, 0.1) is 22.7 Å². The van der Waals surface area contributed by atoms with Crippen LogP contribution in [0.1, 0.15) is 93.4 Å². The Morgan fingerprint density at radius 1 is 1.05 bits per heavy atom. The number of anilines is 1. The molecule has 9 nitrogen and oxygen atoms in total. The van der Waals surface area contributed by atoms with Crippen molar-refractivity contribution in [2.24, 2.45) is 17.8 Å². The van der Waals surface area contributed by atoms with E-state index in [2.05, 4.69) is 30.2 Å². The molecule has 2 aliphatic carbocycles. The van der Waals surface area contributed by atoms with Crippen LogP contribution < -0.4 is 15.0 Å². The van der Waals surface area contributed by atoms with Crippen molar-refractivity contribution in [3.63, 3.8) is 0 Å². The summed E-state index contributed by atoms with van der Waals surface area (Å²) in [6.45, 7) is 7.38. The van der Waals surface area contributed by atoms with E-state index in [-0.39, 0.29) is 17.7 Å². The van der Waals surface area contributed by atoms with Gasteiger partial charge >= 0.3 is 6.09 Å². The first-order chi connectivity index (χ1) is 21.2. The molecule has 2 saturated carbocycles. The summed E-state index contributed by atoms with van der Waals surface area (Å²) in [6, 6.07) is 8.16. The molecule has 10 heteroatoms. The topological polar surface area (TPSA) is 118 Å². The fraction of sp³-hybridized carbons (Fsp3) is 0.559. The molecule has 3 aromatic rings. The SMILES string of the molecule is COc1ccc([C@H]2CC[C@H](CN(c3cc(-c4cnc(C(C)C)s4)ccn3)C(=O)[C@H]3CC[C@H](CNC(=O)O)CC3)CC2)nc1C. The molecule has 2 N–H and O–H groups in total. The normalized spacial score (nSPS) is 22.0. The molecule has 236 valence electrons. The fourth-order valence-corrected chi connectivity index (χ4v) is 7.60. The number of aryl methyl sites for hydroxylation is 1. The molecule has 0 radical (unpaired) electrons. The lowest BCUT2D eigenvalue weighted by atomic mass is 9.79. The maximum absolute atomic E-state index is 14.2. The van der Waals surface area contributed by atoms with E-state index in [4.69, 9.17) is 19.8 Å². The maximum Gasteiger partial charge on any atom is 0.404 e. The van der Waals surface area contributed by atoms with Crippen molar-refractivity contribution in [1.82, 2.24) is 20.3 Å². The zero-order valence-corrected chi connectivity index (χ0v) is 27.1. The lowest BCUT2D eigenvalue weighted by Gasteiger charge is -2.35. The molecule has 2 fully saturated rings. The average Bonchev–Trinajstić information content (AvgIpc) is 3.54. The summed E-state index contributed by atoms with van der Waals surface area (Å²) in [7, 11) is 1.68. The van der Waals surface area contributed by atoms with Crippen LogP contribution in [0.4, 0.5) is 10.6 Å². The maximum atomic E-state index is 14.2. The Hall–Kier alpha value is -3.53. The molecule has 0 spiro atoms. The van der Waals surface area contributed by atoms with Gasteiger partial charge in [0.25, 0.3) is 0 Å². The molecule has 0 aromatic carbocycles. The highest BCUT2D eigenvalue weighted by molar-refractivity contribution is 7.15. The van der Waals surface area contributed by atoms with Crippen LogP contribution in [-0.2, 0) is 4.79 Å². The number of carbonyl (C=O) groups is 2. The van der Waals surface area contributed by atoms with E-state index < -0.39 is 6.09 Å². The van der Waals surface area contributed by atoms with Gasteiger partial charge in [-0.3, -0.25) is 14.7 Å². The van der Waals surface area contributed by atoms with E-state index in [9.17, 15) is 9.59 Å². The molecule has 0 unspecified atom stereocenters. The molecule has 2 aliphatic rings. The summed E-state index contributed by atoms with van der Waals surface area (Å²) in [5, 5.41) is 12.6. The van der Waals surface area contributed by atoms with Gasteiger partial charge in [0.2, 0.25) is 5.91 Å². The van der Waals surface area contributed by atoms with Crippen LogP contribution in [-0.4, -0.2) is 52.3 Å². The van der Waals surface area contributed by atoms with Gasteiger partial charge in [-0.1, -0.05) is 13.8 Å². The Labute approximate surface area is 264 Å². The zero-order chi connectivity index (χ0) is 31.2. The molecule has 2 amide bonds. The molecular weight excluding hydrogens is 574 g/mol. The second kappa shape index (κ2) is 14.5. The minimum Gasteiger partial charge on any atom is -0.495 e. The van der Waals surface area contributed by atoms with Gasteiger partial charge in [-0.2, -0.15) is 0 Å². The van der Waals surface area contributed by atoms with Crippen LogP contribution in [0, 0.1) is 24.7 Å². The molecule has 3 heterocycles. The first kappa shape index (κ1) is 31.9. The van der Waals surface area contributed by atoms with E-state index >= 15 is 0 Å². The molecule has 0 saturated heterocycles. The number of methoxy groups -OCH3 is 1. The predicted molar refractivity (Wildman–Crippen MR) is 173 cm³/mol. The number of carboxylic acid groups (broad SMARTS) is 1. The van der Waals surface area contributed by atoms with E-state index in [0.29, 0.717) is 36.7 Å². The smallest absolute Gasteiger partial charge is 0.404 e. The number of thiazole rings is 1. The van der Waals surface area contributed by atoms with Gasteiger partial charge in [-0.25, -0.2) is 14.8 Å². The van der Waals surface area contributed by atoms with Crippen LogP contribution in [0.2, 0.25) is 0 Å². The summed E-state index contributed by atoms with van der Waals surface area (Å²) in [5.74, 6) is 3.01. The van der Waals surface area contributed by atoms with E-state index in [1.54, 1.807) is 18.4 Å². The number of amides is 2. The molecule has 44 heavy (non-hydrogen) atoms. The van der Waals surface area contributed by atoms with Crippen molar-refractivity contribution in [1.29, 1.82) is 0 Å². The first-order valence-corrected chi connectivity index (χ1v) is 16.7. The second-order valence-electron chi connectivity index (χ2n) is 12.7. The van der Waals surface area contributed by atoms with Crippen molar-refractivity contribution < 1.29 is 19.4 Å². The first-order valence-electron chi connectivity index (χ1n) is 15.9. The number of nitrogens with one attached hydrogen (secondary N) is 1. The van der Waals surface area contributed by atoms with Crippen molar-refractivity contribution >= 4 is 29.2 Å². The number of hydrogen-bond donors (Lipinski definition) is 2. The molecule has 3 aromatic heterocycles. The standard InChI is InChI=1S/C34H45N5O4S/c1-21(2)32-36-19-30(44-32)27-15-16-35-31(17-27)39(33(40)26-11-5-23(6-12-26)18-37-34(41)42)20-24-7-9-25(10-8-24)28-13-14-29(43-4)22(3)38-28/h13-17,19,21,23-26,37H,5-12,18,20H2,1-4H3,(H,41,42)/t23-,24-,25-,26-. The Bertz CT molecular complexity index is 1430. The number of pyridine rings is 2. The Morgan fingerprint density at radius 3 is 2.41 bits per heavy atom. The largest absolute Gasteiger partial charge is 0.495 e. The van der Waals surface area contributed by atoms with Gasteiger partial charge in [0.15, 0.2) is 0 Å². The van der Waals surface area contributed by atoms with E-state index in [0.717, 1.165) is 84.0 Å². The number of aromatic nitrogens is 3. The molecule has 5 rings (SSSR count). The summed E-state index contributed by atoms with van der Waals surface area (Å²) in [4.78, 5) is 42.4. The zero-order valence-electron chi connectivity index (χ0n) is 26.3. The van der Waals surface area contributed by atoms with Crippen LogP contribution in [0.5, 0.6) is 5.75 Å². The third kappa shape index (κ3) is 7.75. The van der Waals surface area contributed by atoms with Crippen molar-refractivity contribution in [2.75, 3.05) is 25.1 Å². The minimum absolute atomic E-state index is 0.0831. The minimum atomic E-state index is -0.991. The fourth-order valence-electron chi connectivity index (χ4n) is 6.68. The van der Waals surface area contributed by atoms with Crippen LogP contribution in [0.3, 0.4) is 0 Å². The van der Waals surface area contributed by atoms with Crippen LogP contribution in [0.15, 0.2) is 36.7 Å². The second-order valence-corrected chi connectivity index (χ2v) is 13.8. The number of nitrogens with zero attached hydrogens (tertiary/aromatic N) is 4. The van der Waals surface area contributed by atoms with Crippen molar-refractivity contribution in [3.05, 3.63) is 53.1 Å². The van der Waals surface area contributed by atoms with Gasteiger partial charge in [-0.05, 0) is 100.0 Å². The highest BCUT2D eigenvalue weighted by atomic mass is 32.1. The van der Waals surface area contributed by atoms with Crippen molar-refractivity contribution in [2.45, 2.75) is 84.0 Å². The molecule has 0 bridgehead atoms. The highest BCUT2D eigenvalue weighted by Crippen LogP contribution is 2.38. The summed E-state index contributed by atoms with van der Waals surface area (Å²) >= 11 is 1.69. The highest BCUT2D eigenvalue weighted by Gasteiger charge is 2.33. The summed E-state index contributed by atoms with van der Waals surface area (Å²) < 4.78 is 5.40. The monoisotopic (exact) mass is 619 g/mol. The summed E-state index contributed by atoms with van der Waals surface area (Å²) in [5.41, 5.74) is 3.08. The van der Waals surface area contributed by atoms with E-state index in [1.807, 2.05) is 42.4 Å². The number of carbonyl (C=O) groups excluding carboxylic acids is 1. The molecule has 0 atom stereocenters. The lowest BCUT2D eigenvalue weighted by molar-refractivity contribution is -0.123. The van der Waals surface area contributed by atoms with Gasteiger partial charge in [-0.15, -0.1) is 11.3 Å². The Morgan fingerprint density at radius 2 is 1.77 bits per heavy atom. The van der Waals surface area contributed by atoms with Crippen LogP contribution in [0.25, 0.3) is 10.4 Å².